The molecule has 254 valence electrons. The average Bonchev–Trinajstić information content (AvgIpc) is 3.44. The highest BCUT2D eigenvalue weighted by Crippen LogP contribution is 2.31. The molecule has 0 unspecified atom stereocenters. The molecule has 1 aliphatic carbocycles. The Balaban J connectivity index is 1.47. The number of alkyl halides is 3. The van der Waals surface area contributed by atoms with Crippen molar-refractivity contribution in [3.63, 3.8) is 0 Å². The number of rotatable bonds is 9. The summed E-state index contributed by atoms with van der Waals surface area (Å²) in [4.78, 5) is 65.5. The Hall–Kier alpha value is -4.62. The van der Waals surface area contributed by atoms with E-state index < -0.39 is 66.0 Å². The zero-order valence-corrected chi connectivity index (χ0v) is 26.5. The van der Waals surface area contributed by atoms with Crippen molar-refractivity contribution in [2.45, 2.75) is 83.4 Å². The van der Waals surface area contributed by atoms with Gasteiger partial charge in [0.1, 0.15) is 25.2 Å². The van der Waals surface area contributed by atoms with E-state index in [0.29, 0.717) is 6.42 Å². The molecule has 1 heterocycles. The van der Waals surface area contributed by atoms with Gasteiger partial charge in [-0.1, -0.05) is 75.4 Å². The lowest BCUT2D eigenvalue weighted by molar-refractivity contribution is -0.176. The first kappa shape index (κ1) is 35.2. The highest BCUT2D eigenvalue weighted by atomic mass is 19.4. The van der Waals surface area contributed by atoms with Gasteiger partial charge in [0, 0.05) is 12.6 Å². The van der Waals surface area contributed by atoms with Crippen LogP contribution in [0.1, 0.15) is 62.8 Å². The number of hydrogen-bond donors (Lipinski definition) is 4. The number of halogens is 3. The maximum atomic E-state index is 13.9. The molecule has 2 aromatic carbocycles. The fraction of sp³-hybridized carbons (Fsp3) is 0.485. The van der Waals surface area contributed by atoms with Crippen molar-refractivity contribution in [3.8, 4) is 0 Å². The number of likely N-dealkylation sites (tertiary alicyclic amines) is 1. The second kappa shape index (κ2) is 14.9. The molecule has 1 aliphatic heterocycles. The van der Waals surface area contributed by atoms with E-state index in [1.807, 2.05) is 30.3 Å². The first-order chi connectivity index (χ1) is 22.1. The molecule has 0 saturated carbocycles. The van der Waals surface area contributed by atoms with Crippen molar-refractivity contribution in [3.05, 3.63) is 71.3 Å². The molecule has 14 heteroatoms. The minimum Gasteiger partial charge on any atom is -0.445 e. The van der Waals surface area contributed by atoms with Crippen LogP contribution in [-0.2, 0) is 36.9 Å². The molecule has 47 heavy (non-hydrogen) atoms. The van der Waals surface area contributed by atoms with Crippen molar-refractivity contribution in [2.24, 2.45) is 5.41 Å². The molecular formula is C33H40F3N5O6. The van der Waals surface area contributed by atoms with E-state index in [-0.39, 0.29) is 25.6 Å². The van der Waals surface area contributed by atoms with Crippen molar-refractivity contribution >= 4 is 29.7 Å². The number of nitrogens with zero attached hydrogens (tertiary/aromatic N) is 1. The van der Waals surface area contributed by atoms with Gasteiger partial charge in [0.15, 0.2) is 0 Å². The zero-order chi connectivity index (χ0) is 34.4. The van der Waals surface area contributed by atoms with Gasteiger partial charge in [-0.15, -0.1) is 0 Å². The molecule has 0 aromatic heterocycles. The maximum absolute atomic E-state index is 13.9. The van der Waals surface area contributed by atoms with Gasteiger partial charge in [-0.2, -0.15) is 13.2 Å². The predicted octanol–water partition coefficient (Wildman–Crippen LogP) is 3.29. The van der Waals surface area contributed by atoms with Crippen molar-refractivity contribution in [1.82, 2.24) is 26.2 Å². The van der Waals surface area contributed by atoms with Crippen LogP contribution in [0.15, 0.2) is 54.6 Å². The van der Waals surface area contributed by atoms with Crippen LogP contribution in [0.4, 0.5) is 18.0 Å². The summed E-state index contributed by atoms with van der Waals surface area (Å²) >= 11 is 0. The van der Waals surface area contributed by atoms with Gasteiger partial charge < -0.3 is 30.9 Å². The Morgan fingerprint density at radius 3 is 2.32 bits per heavy atom. The molecule has 1 fully saturated rings. The monoisotopic (exact) mass is 659 g/mol. The first-order valence-electron chi connectivity index (χ1n) is 15.4. The van der Waals surface area contributed by atoms with Crippen LogP contribution in [0.3, 0.4) is 0 Å². The van der Waals surface area contributed by atoms with Gasteiger partial charge in [-0.3, -0.25) is 19.2 Å². The lowest BCUT2D eigenvalue weighted by Gasteiger charge is -2.36. The van der Waals surface area contributed by atoms with Crippen molar-refractivity contribution in [2.75, 3.05) is 13.1 Å². The Morgan fingerprint density at radius 1 is 0.957 bits per heavy atom. The van der Waals surface area contributed by atoms with Crippen molar-refractivity contribution < 1.29 is 41.9 Å². The summed E-state index contributed by atoms with van der Waals surface area (Å²) in [6.45, 7) is 3.82. The molecule has 2 aromatic rings. The Bertz CT molecular complexity index is 1460. The summed E-state index contributed by atoms with van der Waals surface area (Å²) < 4.78 is 44.7. The van der Waals surface area contributed by atoms with E-state index >= 15 is 0 Å². The molecule has 0 radical (unpaired) electrons. The second-order valence-electron chi connectivity index (χ2n) is 12.8. The highest BCUT2D eigenvalue weighted by Gasteiger charge is 2.48. The van der Waals surface area contributed by atoms with Crippen LogP contribution < -0.4 is 21.3 Å². The molecule has 4 rings (SSSR count). The number of carbonyl (C=O) groups excluding carboxylic acids is 5. The smallest absolute Gasteiger partial charge is 0.445 e. The third kappa shape index (κ3) is 9.46. The van der Waals surface area contributed by atoms with Crippen molar-refractivity contribution in [1.29, 1.82) is 0 Å². The van der Waals surface area contributed by atoms with E-state index in [1.165, 1.54) is 20.8 Å². The van der Waals surface area contributed by atoms with Gasteiger partial charge in [-0.25, -0.2) is 4.79 Å². The number of carbonyl (C=O) groups is 5. The number of ether oxygens (including phenoxy) is 1. The third-order valence-corrected chi connectivity index (χ3v) is 8.19. The number of benzene rings is 2. The number of nitrogens with one attached hydrogen (secondary N) is 4. The van der Waals surface area contributed by atoms with Crippen LogP contribution >= 0.6 is 0 Å². The topological polar surface area (TPSA) is 146 Å². The Kier molecular flexibility index (Phi) is 11.1. The van der Waals surface area contributed by atoms with Crippen LogP contribution in [0.25, 0.3) is 0 Å². The SMILES string of the molecule is CC(C)(C)[C@H](NC(=O)C(F)(F)F)C(=O)N1C[C@@H](NC(=O)CNC(=O)OCc2ccccc2)C[C@H]1C(=O)N[C@@H]1CCCc2ccccc21. The van der Waals surface area contributed by atoms with Gasteiger partial charge in [-0.05, 0) is 47.8 Å². The second-order valence-corrected chi connectivity index (χ2v) is 12.8. The summed E-state index contributed by atoms with van der Waals surface area (Å²) in [5.41, 5.74) is 1.63. The van der Waals surface area contributed by atoms with Crippen LogP contribution in [0, 0.1) is 5.41 Å². The van der Waals surface area contributed by atoms with E-state index in [2.05, 4.69) is 16.0 Å². The largest absolute Gasteiger partial charge is 0.471 e. The minimum absolute atomic E-state index is 0.00390. The predicted molar refractivity (Wildman–Crippen MR) is 164 cm³/mol. The lowest BCUT2D eigenvalue weighted by Crippen LogP contribution is -2.59. The van der Waals surface area contributed by atoms with Gasteiger partial charge in [0.2, 0.25) is 17.7 Å². The van der Waals surface area contributed by atoms with Gasteiger partial charge in [0.05, 0.1) is 6.04 Å². The number of aryl methyl sites for hydroxylation is 1. The fourth-order valence-corrected chi connectivity index (χ4v) is 5.84. The Labute approximate surface area is 271 Å². The molecule has 4 atom stereocenters. The fourth-order valence-electron chi connectivity index (χ4n) is 5.84. The van der Waals surface area contributed by atoms with Crippen LogP contribution in [0.2, 0.25) is 0 Å². The summed E-state index contributed by atoms with van der Waals surface area (Å²) in [7, 11) is 0. The highest BCUT2D eigenvalue weighted by molar-refractivity contribution is 5.94. The maximum Gasteiger partial charge on any atom is 0.471 e. The number of alkyl carbamates (subject to hydrolysis) is 1. The molecule has 2 aliphatic rings. The standard InChI is InChI=1S/C33H40F3N5O6/c1-32(2,3)27(40-30(45)33(34,35)36)29(44)41-18-22(38-26(42)17-37-31(46)47-19-20-10-5-4-6-11-20)16-25(41)28(43)39-24-15-9-13-21-12-7-8-14-23(21)24/h4-8,10-12,14,22,24-25,27H,9,13,15-19H2,1-3H3,(H,37,46)(H,38,42)(H,39,43)(H,40,45)/t22-,24+,25-,27+/m0/s1. The van der Waals surface area contributed by atoms with Crippen LogP contribution in [0.5, 0.6) is 0 Å². The minimum atomic E-state index is -5.23. The van der Waals surface area contributed by atoms with E-state index in [9.17, 15) is 37.1 Å². The molecular weight excluding hydrogens is 619 g/mol. The first-order valence-corrected chi connectivity index (χ1v) is 15.4. The van der Waals surface area contributed by atoms with Crippen LogP contribution in [-0.4, -0.2) is 72.0 Å². The molecule has 5 amide bonds. The van der Waals surface area contributed by atoms with E-state index in [4.69, 9.17) is 4.74 Å². The number of fused-ring (bicyclic) bond motifs is 1. The number of amides is 5. The summed E-state index contributed by atoms with van der Waals surface area (Å²) in [5, 5.41) is 9.84. The summed E-state index contributed by atoms with van der Waals surface area (Å²) in [6, 6.07) is 12.7. The van der Waals surface area contributed by atoms with Gasteiger partial charge in [0.25, 0.3) is 0 Å². The third-order valence-electron chi connectivity index (χ3n) is 8.19. The molecule has 0 bridgehead atoms. The summed E-state index contributed by atoms with van der Waals surface area (Å²) in [5.74, 6) is -4.33. The van der Waals surface area contributed by atoms with E-state index in [0.717, 1.165) is 34.4 Å². The zero-order valence-electron chi connectivity index (χ0n) is 26.5. The molecule has 1 saturated heterocycles. The summed E-state index contributed by atoms with van der Waals surface area (Å²) in [6.07, 6.45) is -3.77. The number of hydrogen-bond acceptors (Lipinski definition) is 6. The average molecular weight is 660 g/mol. The molecule has 0 spiro atoms. The lowest BCUT2D eigenvalue weighted by atomic mass is 9.85. The molecule has 11 nitrogen and oxygen atoms in total. The molecule has 4 N–H and O–H groups in total. The quantitative estimate of drug-likeness (QED) is 0.325. The Morgan fingerprint density at radius 2 is 1.64 bits per heavy atom. The normalized spacial score (nSPS) is 20.0. The van der Waals surface area contributed by atoms with Gasteiger partial charge >= 0.3 is 18.2 Å². The van der Waals surface area contributed by atoms with E-state index in [1.54, 1.807) is 29.6 Å².